The SMILES string of the molecule is COc1ccc(C(=O)N2CCN(C)CC2)cc1NC(=O)COc1ccccc1Cc1ccccc1. The molecule has 0 aromatic heterocycles. The van der Waals surface area contributed by atoms with Crippen molar-refractivity contribution in [2.24, 2.45) is 0 Å². The van der Waals surface area contributed by atoms with Gasteiger partial charge in [-0.1, -0.05) is 48.5 Å². The van der Waals surface area contributed by atoms with Crippen molar-refractivity contribution in [2.75, 3.05) is 52.3 Å². The van der Waals surface area contributed by atoms with E-state index in [4.69, 9.17) is 9.47 Å². The Labute approximate surface area is 206 Å². The molecule has 0 atom stereocenters. The van der Waals surface area contributed by atoms with Gasteiger partial charge in [-0.15, -0.1) is 0 Å². The van der Waals surface area contributed by atoms with Crippen molar-refractivity contribution in [2.45, 2.75) is 6.42 Å². The number of ether oxygens (including phenoxy) is 2. The molecule has 35 heavy (non-hydrogen) atoms. The molecule has 1 aliphatic heterocycles. The molecule has 7 nitrogen and oxygen atoms in total. The van der Waals surface area contributed by atoms with Gasteiger partial charge in [0.05, 0.1) is 12.8 Å². The highest BCUT2D eigenvalue weighted by atomic mass is 16.5. The quantitative estimate of drug-likeness (QED) is 0.540. The van der Waals surface area contributed by atoms with Crippen molar-refractivity contribution in [3.63, 3.8) is 0 Å². The second-order valence-corrected chi connectivity index (χ2v) is 8.62. The van der Waals surface area contributed by atoms with Crippen LogP contribution < -0.4 is 14.8 Å². The van der Waals surface area contributed by atoms with Gasteiger partial charge in [0.15, 0.2) is 6.61 Å². The number of nitrogens with zero attached hydrogens (tertiary/aromatic N) is 2. The summed E-state index contributed by atoms with van der Waals surface area (Å²) in [5.41, 5.74) is 3.13. The van der Waals surface area contributed by atoms with Crippen molar-refractivity contribution in [1.82, 2.24) is 9.80 Å². The molecule has 1 aliphatic rings. The molecule has 2 amide bonds. The number of rotatable bonds is 8. The van der Waals surface area contributed by atoms with Gasteiger partial charge in [-0.2, -0.15) is 0 Å². The molecule has 1 heterocycles. The molecule has 1 N–H and O–H groups in total. The molecule has 7 heteroatoms. The molecule has 3 aromatic carbocycles. The number of hydrogen-bond acceptors (Lipinski definition) is 5. The number of para-hydroxylation sites is 1. The highest BCUT2D eigenvalue weighted by molar-refractivity contribution is 5.98. The fourth-order valence-corrected chi connectivity index (χ4v) is 4.07. The summed E-state index contributed by atoms with van der Waals surface area (Å²) < 4.78 is 11.3. The van der Waals surface area contributed by atoms with Crippen LogP contribution in [-0.2, 0) is 11.2 Å². The first-order valence-corrected chi connectivity index (χ1v) is 11.7. The number of methoxy groups -OCH3 is 1. The lowest BCUT2D eigenvalue weighted by Gasteiger charge is -2.32. The minimum Gasteiger partial charge on any atom is -0.495 e. The summed E-state index contributed by atoms with van der Waals surface area (Å²) >= 11 is 0. The van der Waals surface area contributed by atoms with E-state index in [2.05, 4.69) is 22.3 Å². The molecule has 0 bridgehead atoms. The van der Waals surface area contributed by atoms with Crippen LogP contribution in [0.25, 0.3) is 0 Å². The Hall–Kier alpha value is -3.84. The average Bonchev–Trinajstić information content (AvgIpc) is 2.89. The predicted octanol–water partition coefficient (Wildman–Crippen LogP) is 3.69. The molecule has 3 aromatic rings. The highest BCUT2D eigenvalue weighted by Gasteiger charge is 2.21. The van der Waals surface area contributed by atoms with E-state index in [9.17, 15) is 9.59 Å². The lowest BCUT2D eigenvalue weighted by molar-refractivity contribution is -0.118. The third kappa shape index (κ3) is 6.39. The molecule has 0 radical (unpaired) electrons. The summed E-state index contributed by atoms with van der Waals surface area (Å²) in [4.78, 5) is 29.8. The number of piperazine rings is 1. The molecular weight excluding hydrogens is 442 g/mol. The number of anilines is 1. The number of nitrogens with one attached hydrogen (secondary N) is 1. The van der Waals surface area contributed by atoms with Gasteiger partial charge in [0.1, 0.15) is 11.5 Å². The Morgan fingerprint density at radius 3 is 2.34 bits per heavy atom. The van der Waals surface area contributed by atoms with Gasteiger partial charge in [-0.3, -0.25) is 9.59 Å². The van der Waals surface area contributed by atoms with Crippen LogP contribution in [0.3, 0.4) is 0 Å². The first kappa shape index (κ1) is 24.3. The molecule has 0 saturated carbocycles. The monoisotopic (exact) mass is 473 g/mol. The topological polar surface area (TPSA) is 71.1 Å². The van der Waals surface area contributed by atoms with Gasteiger partial charge < -0.3 is 24.6 Å². The standard InChI is InChI=1S/C28H31N3O4/c1-30-14-16-31(17-15-30)28(33)23-12-13-26(34-2)24(19-23)29-27(32)20-35-25-11-7-6-10-22(25)18-21-8-4-3-5-9-21/h3-13,19H,14-18,20H2,1-2H3,(H,29,32). The maximum Gasteiger partial charge on any atom is 0.262 e. The van der Waals surface area contributed by atoms with Gasteiger partial charge in [0.2, 0.25) is 0 Å². The minimum atomic E-state index is -0.331. The second kappa shape index (κ2) is 11.5. The molecule has 0 spiro atoms. The number of carbonyl (C=O) groups is 2. The average molecular weight is 474 g/mol. The fourth-order valence-electron chi connectivity index (χ4n) is 4.07. The van der Waals surface area contributed by atoms with Crippen molar-refractivity contribution in [1.29, 1.82) is 0 Å². The fraction of sp³-hybridized carbons (Fsp3) is 0.286. The number of hydrogen-bond donors (Lipinski definition) is 1. The van der Waals surface area contributed by atoms with E-state index in [0.717, 1.165) is 18.7 Å². The van der Waals surface area contributed by atoms with Gasteiger partial charge in [-0.25, -0.2) is 0 Å². The number of carbonyl (C=O) groups excluding carboxylic acids is 2. The maximum atomic E-state index is 13.0. The van der Waals surface area contributed by atoms with E-state index in [1.807, 2.05) is 54.4 Å². The molecule has 182 valence electrons. The van der Waals surface area contributed by atoms with E-state index in [-0.39, 0.29) is 18.4 Å². The van der Waals surface area contributed by atoms with Crippen molar-refractivity contribution in [3.05, 3.63) is 89.5 Å². The molecule has 0 aliphatic carbocycles. The summed E-state index contributed by atoms with van der Waals surface area (Å²) in [5.74, 6) is 0.763. The van der Waals surface area contributed by atoms with Crippen molar-refractivity contribution >= 4 is 17.5 Å². The van der Waals surface area contributed by atoms with Crippen LogP contribution in [0.4, 0.5) is 5.69 Å². The minimum absolute atomic E-state index is 0.0534. The Morgan fingerprint density at radius 2 is 1.60 bits per heavy atom. The van der Waals surface area contributed by atoms with E-state index in [1.165, 1.54) is 12.7 Å². The van der Waals surface area contributed by atoms with Crippen LogP contribution in [0.15, 0.2) is 72.8 Å². The summed E-state index contributed by atoms with van der Waals surface area (Å²) in [7, 11) is 3.58. The summed E-state index contributed by atoms with van der Waals surface area (Å²) in [6.45, 7) is 2.88. The van der Waals surface area contributed by atoms with Gasteiger partial charge >= 0.3 is 0 Å². The number of amides is 2. The molecular formula is C28H31N3O4. The molecule has 1 saturated heterocycles. The third-order valence-electron chi connectivity index (χ3n) is 6.08. The third-order valence-corrected chi connectivity index (χ3v) is 6.08. The van der Waals surface area contributed by atoms with Gasteiger partial charge in [0, 0.05) is 38.2 Å². The van der Waals surface area contributed by atoms with Crippen molar-refractivity contribution < 1.29 is 19.1 Å². The molecule has 1 fully saturated rings. The highest BCUT2D eigenvalue weighted by Crippen LogP contribution is 2.27. The van der Waals surface area contributed by atoms with Crippen LogP contribution in [0.2, 0.25) is 0 Å². The first-order chi connectivity index (χ1) is 17.0. The van der Waals surface area contributed by atoms with Crippen LogP contribution in [0, 0.1) is 0 Å². The lowest BCUT2D eigenvalue weighted by atomic mass is 10.0. The summed E-state index contributed by atoms with van der Waals surface area (Å²) in [5, 5.41) is 2.84. The molecule has 4 rings (SSSR count). The van der Waals surface area contributed by atoms with E-state index in [1.54, 1.807) is 18.2 Å². The summed E-state index contributed by atoms with van der Waals surface area (Å²) in [6, 6.07) is 22.9. The first-order valence-electron chi connectivity index (χ1n) is 11.7. The summed E-state index contributed by atoms with van der Waals surface area (Å²) in [6.07, 6.45) is 0.711. The Kier molecular flexibility index (Phi) is 8.00. The number of likely N-dealkylation sites (N-methyl/N-ethyl adjacent to an activating group) is 1. The van der Waals surface area contributed by atoms with Crippen molar-refractivity contribution in [3.8, 4) is 11.5 Å². The van der Waals surface area contributed by atoms with Gasteiger partial charge in [0.25, 0.3) is 11.8 Å². The molecule has 0 unspecified atom stereocenters. The van der Waals surface area contributed by atoms with Crippen LogP contribution >= 0.6 is 0 Å². The second-order valence-electron chi connectivity index (χ2n) is 8.62. The Balaban J connectivity index is 1.41. The Morgan fingerprint density at radius 1 is 0.886 bits per heavy atom. The largest absolute Gasteiger partial charge is 0.495 e. The zero-order chi connectivity index (χ0) is 24.6. The van der Waals surface area contributed by atoms with E-state index < -0.39 is 0 Å². The van der Waals surface area contributed by atoms with E-state index >= 15 is 0 Å². The van der Waals surface area contributed by atoms with Crippen LogP contribution in [0.5, 0.6) is 11.5 Å². The lowest BCUT2D eigenvalue weighted by Crippen LogP contribution is -2.47. The zero-order valence-electron chi connectivity index (χ0n) is 20.2. The van der Waals surface area contributed by atoms with E-state index in [0.29, 0.717) is 42.3 Å². The zero-order valence-corrected chi connectivity index (χ0v) is 20.2. The van der Waals surface area contributed by atoms with Crippen LogP contribution in [-0.4, -0.2) is 68.6 Å². The normalized spacial score (nSPS) is 13.8. The number of benzene rings is 3. The smallest absolute Gasteiger partial charge is 0.262 e. The maximum absolute atomic E-state index is 13.0. The predicted molar refractivity (Wildman–Crippen MR) is 136 cm³/mol. The Bertz CT molecular complexity index is 1160. The van der Waals surface area contributed by atoms with Gasteiger partial charge in [-0.05, 0) is 42.4 Å². The van der Waals surface area contributed by atoms with Crippen LogP contribution in [0.1, 0.15) is 21.5 Å².